The average Bonchev–Trinajstić information content (AvgIpc) is 2.97. The number of nitrogens with two attached hydrogens (primary N) is 1. The van der Waals surface area contributed by atoms with Crippen LogP contribution >= 0.6 is 0 Å². The number of nitrogens with zero attached hydrogens (tertiary/aromatic N) is 6. The van der Waals surface area contributed by atoms with Crippen molar-refractivity contribution >= 4 is 17.2 Å². The highest BCUT2D eigenvalue weighted by Crippen LogP contribution is 2.19. The van der Waals surface area contributed by atoms with Crippen LogP contribution in [0.5, 0.6) is 0 Å². The van der Waals surface area contributed by atoms with Crippen LogP contribution < -0.4 is 10.6 Å². The van der Waals surface area contributed by atoms with Gasteiger partial charge >= 0.3 is 0 Å². The maximum absolute atomic E-state index is 6.05. The largest absolute Gasteiger partial charge is 0.398 e. The van der Waals surface area contributed by atoms with E-state index in [2.05, 4.69) is 32.3 Å². The molecule has 0 saturated heterocycles. The van der Waals surface area contributed by atoms with Crippen LogP contribution in [0, 0.1) is 0 Å². The molecule has 21 heavy (non-hydrogen) atoms. The van der Waals surface area contributed by atoms with Crippen molar-refractivity contribution in [2.24, 2.45) is 0 Å². The molecule has 1 aromatic carbocycles. The molecule has 2 aromatic heterocycles. The van der Waals surface area contributed by atoms with Crippen LogP contribution in [-0.2, 0) is 6.54 Å². The van der Waals surface area contributed by atoms with E-state index >= 15 is 0 Å². The second kappa shape index (κ2) is 5.74. The summed E-state index contributed by atoms with van der Waals surface area (Å²) in [7, 11) is 0. The minimum absolute atomic E-state index is 0.634. The van der Waals surface area contributed by atoms with E-state index in [-0.39, 0.29) is 0 Å². The fourth-order valence-electron chi connectivity index (χ4n) is 2.31. The quantitative estimate of drug-likeness (QED) is 0.714. The molecule has 0 fully saturated rings. The molecule has 7 heteroatoms. The second-order valence-electron chi connectivity index (χ2n) is 4.83. The van der Waals surface area contributed by atoms with Crippen LogP contribution in [0.1, 0.15) is 18.9 Å². The van der Waals surface area contributed by atoms with E-state index in [4.69, 9.17) is 5.73 Å². The van der Waals surface area contributed by atoms with Gasteiger partial charge in [-0.25, -0.2) is 0 Å². The zero-order valence-electron chi connectivity index (χ0n) is 11.8. The van der Waals surface area contributed by atoms with Crippen LogP contribution in [0.2, 0.25) is 0 Å². The van der Waals surface area contributed by atoms with Crippen LogP contribution in [-0.4, -0.2) is 31.6 Å². The summed E-state index contributed by atoms with van der Waals surface area (Å²) in [5.74, 6) is 0.864. The number of hydrogen-bond donors (Lipinski definition) is 1. The molecule has 0 aliphatic heterocycles. The zero-order chi connectivity index (χ0) is 14.7. The number of fused-ring (bicyclic) bond motifs is 1. The summed E-state index contributed by atoms with van der Waals surface area (Å²) in [5, 5.41) is 11.7. The Kier molecular flexibility index (Phi) is 3.63. The maximum Gasteiger partial charge on any atom is 0.199 e. The molecule has 3 aromatic rings. The number of tetrazole rings is 1. The van der Waals surface area contributed by atoms with Gasteiger partial charge in [0.15, 0.2) is 11.5 Å². The number of para-hydroxylation sites is 1. The summed E-state index contributed by atoms with van der Waals surface area (Å²) in [5.41, 5.74) is 8.55. The number of anilines is 2. The first-order valence-corrected chi connectivity index (χ1v) is 6.90. The lowest BCUT2D eigenvalue weighted by Crippen LogP contribution is -2.26. The fraction of sp³-hybridized carbons (Fsp3) is 0.286. The normalized spacial score (nSPS) is 10.9. The molecule has 2 N–H and O–H groups in total. The van der Waals surface area contributed by atoms with Crippen LogP contribution in [0.4, 0.5) is 11.5 Å². The highest BCUT2D eigenvalue weighted by Gasteiger charge is 2.13. The average molecular weight is 283 g/mol. The Hall–Kier alpha value is -2.70. The van der Waals surface area contributed by atoms with Gasteiger partial charge in [0.2, 0.25) is 0 Å². The summed E-state index contributed by atoms with van der Waals surface area (Å²) >= 11 is 0. The van der Waals surface area contributed by atoms with Gasteiger partial charge in [-0.3, -0.25) is 4.98 Å². The third kappa shape index (κ3) is 2.62. The molecule has 0 unspecified atom stereocenters. The minimum Gasteiger partial charge on any atom is -0.398 e. The van der Waals surface area contributed by atoms with Crippen molar-refractivity contribution in [3.05, 3.63) is 42.2 Å². The highest BCUT2D eigenvalue weighted by atomic mass is 15.5. The van der Waals surface area contributed by atoms with Gasteiger partial charge in [0.1, 0.15) is 0 Å². The van der Waals surface area contributed by atoms with Crippen LogP contribution in [0.15, 0.2) is 36.7 Å². The van der Waals surface area contributed by atoms with Gasteiger partial charge in [0, 0.05) is 18.8 Å². The summed E-state index contributed by atoms with van der Waals surface area (Å²) in [6.45, 7) is 3.70. The van der Waals surface area contributed by atoms with Crippen molar-refractivity contribution in [1.29, 1.82) is 0 Å². The zero-order valence-corrected chi connectivity index (χ0v) is 11.8. The molecule has 0 atom stereocenters. The predicted molar refractivity (Wildman–Crippen MR) is 80.8 cm³/mol. The highest BCUT2D eigenvalue weighted by molar-refractivity contribution is 5.51. The van der Waals surface area contributed by atoms with Crippen LogP contribution in [0.25, 0.3) is 5.65 Å². The smallest absolute Gasteiger partial charge is 0.199 e. The Bertz CT molecular complexity index is 737. The maximum atomic E-state index is 6.05. The van der Waals surface area contributed by atoms with E-state index in [1.807, 2.05) is 24.3 Å². The monoisotopic (exact) mass is 283 g/mol. The Labute approximate surface area is 122 Å². The summed E-state index contributed by atoms with van der Waals surface area (Å²) in [6.07, 6.45) is 4.42. The van der Waals surface area contributed by atoms with Gasteiger partial charge < -0.3 is 10.6 Å². The van der Waals surface area contributed by atoms with Crippen molar-refractivity contribution in [3.63, 3.8) is 0 Å². The van der Waals surface area contributed by atoms with Gasteiger partial charge in [-0.05, 0) is 28.5 Å². The van der Waals surface area contributed by atoms with Crippen LogP contribution in [0.3, 0.4) is 0 Å². The van der Waals surface area contributed by atoms with Gasteiger partial charge in [-0.15, -0.1) is 5.10 Å². The Balaban J connectivity index is 1.98. The molecule has 0 amide bonds. The van der Waals surface area contributed by atoms with Gasteiger partial charge in [0.05, 0.1) is 12.4 Å². The van der Waals surface area contributed by atoms with E-state index in [9.17, 15) is 0 Å². The second-order valence-corrected chi connectivity index (χ2v) is 4.83. The Morgan fingerprint density at radius 1 is 1.24 bits per heavy atom. The van der Waals surface area contributed by atoms with Gasteiger partial charge in [0.25, 0.3) is 0 Å². The van der Waals surface area contributed by atoms with E-state index in [0.29, 0.717) is 12.2 Å². The number of aromatic nitrogens is 5. The van der Waals surface area contributed by atoms with Gasteiger partial charge in [-0.2, -0.15) is 4.52 Å². The lowest BCUT2D eigenvalue weighted by Gasteiger charge is -2.24. The molecule has 0 spiro atoms. The van der Waals surface area contributed by atoms with E-state index < -0.39 is 0 Å². The SMILES string of the molecule is CCCN(Cc1ccccc1N)c1cncc2nnnn12. The lowest BCUT2D eigenvalue weighted by molar-refractivity contribution is 0.718. The first-order valence-electron chi connectivity index (χ1n) is 6.90. The third-order valence-corrected chi connectivity index (χ3v) is 3.32. The topological polar surface area (TPSA) is 85.2 Å². The van der Waals surface area contributed by atoms with Crippen molar-refractivity contribution in [2.75, 3.05) is 17.2 Å². The number of nitrogen functional groups attached to an aromatic ring is 1. The predicted octanol–water partition coefficient (Wildman–Crippen LogP) is 1.52. The molecule has 0 aliphatic carbocycles. The molecule has 108 valence electrons. The lowest BCUT2D eigenvalue weighted by atomic mass is 10.1. The number of hydrogen-bond acceptors (Lipinski definition) is 6. The molecule has 0 bridgehead atoms. The van der Waals surface area contributed by atoms with Crippen molar-refractivity contribution < 1.29 is 0 Å². The van der Waals surface area contributed by atoms with Crippen molar-refractivity contribution in [3.8, 4) is 0 Å². The molecular weight excluding hydrogens is 266 g/mol. The van der Waals surface area contributed by atoms with E-state index in [0.717, 1.165) is 30.0 Å². The van der Waals surface area contributed by atoms with Crippen molar-refractivity contribution in [2.45, 2.75) is 19.9 Å². The molecule has 2 heterocycles. The Morgan fingerprint density at radius 3 is 2.90 bits per heavy atom. The summed E-state index contributed by atoms with van der Waals surface area (Å²) in [6, 6.07) is 7.87. The molecule has 0 radical (unpaired) electrons. The van der Waals surface area contributed by atoms with E-state index in [1.165, 1.54) is 0 Å². The molecule has 7 nitrogen and oxygen atoms in total. The van der Waals surface area contributed by atoms with Gasteiger partial charge in [-0.1, -0.05) is 25.1 Å². The number of benzene rings is 1. The minimum atomic E-state index is 0.634. The molecular formula is C14H17N7. The van der Waals surface area contributed by atoms with Crippen molar-refractivity contribution in [1.82, 2.24) is 25.0 Å². The van der Waals surface area contributed by atoms with E-state index in [1.54, 1.807) is 16.9 Å². The summed E-state index contributed by atoms with van der Waals surface area (Å²) in [4.78, 5) is 6.40. The fourth-order valence-corrected chi connectivity index (χ4v) is 2.31. The summed E-state index contributed by atoms with van der Waals surface area (Å²) < 4.78 is 1.70. The Morgan fingerprint density at radius 2 is 2.10 bits per heavy atom. The standard InChI is InChI=1S/C14H17N7/c1-2-7-20(10-11-5-3-4-6-12(11)15)14-9-16-8-13-17-18-19-21(13)14/h3-6,8-9H,2,7,10,15H2,1H3. The molecule has 3 rings (SSSR count). The molecule has 0 saturated carbocycles. The third-order valence-electron chi connectivity index (χ3n) is 3.32. The first-order chi connectivity index (χ1) is 10.3. The first kappa shape index (κ1) is 13.3. The molecule has 0 aliphatic rings. The number of rotatable bonds is 5.